The number of hydrogen-bond donors (Lipinski definition) is 1. The Morgan fingerprint density at radius 2 is 1.80 bits per heavy atom. The van der Waals surface area contributed by atoms with Crippen molar-refractivity contribution in [2.24, 2.45) is 11.0 Å². The first-order valence-electron chi connectivity index (χ1n) is 8.25. The summed E-state index contributed by atoms with van der Waals surface area (Å²) in [7, 11) is 3.18. The summed E-state index contributed by atoms with van der Waals surface area (Å²) in [6.07, 6.45) is 0.876. The quantitative estimate of drug-likeness (QED) is 0.649. The summed E-state index contributed by atoms with van der Waals surface area (Å²) >= 11 is 0. The van der Waals surface area contributed by atoms with Crippen LogP contribution in [0.15, 0.2) is 53.6 Å². The minimum Gasteiger partial charge on any atom is -0.493 e. The van der Waals surface area contributed by atoms with E-state index in [4.69, 9.17) is 9.47 Å². The van der Waals surface area contributed by atoms with E-state index in [0.29, 0.717) is 23.1 Å². The van der Waals surface area contributed by atoms with E-state index in [0.717, 1.165) is 12.0 Å². The van der Waals surface area contributed by atoms with Crippen molar-refractivity contribution in [2.75, 3.05) is 14.2 Å². The number of carbonyl (C=O) groups is 1. The van der Waals surface area contributed by atoms with Gasteiger partial charge in [-0.2, -0.15) is 5.10 Å². The summed E-state index contributed by atoms with van der Waals surface area (Å²) in [6, 6.07) is 15.7. The molecule has 2 aromatic carbocycles. The van der Waals surface area contributed by atoms with E-state index >= 15 is 0 Å². The monoisotopic (exact) mass is 338 g/mol. The molecule has 1 aliphatic rings. The molecule has 0 aliphatic heterocycles. The third-order valence-electron chi connectivity index (χ3n) is 4.49. The normalized spacial score (nSPS) is 19.2. The Bertz CT molecular complexity index is 787. The third kappa shape index (κ3) is 3.82. The predicted octanol–water partition coefficient (Wildman–Crippen LogP) is 3.35. The fourth-order valence-corrected chi connectivity index (χ4v) is 2.90. The van der Waals surface area contributed by atoms with Gasteiger partial charge in [-0.25, -0.2) is 5.43 Å². The Hall–Kier alpha value is -2.82. The molecule has 25 heavy (non-hydrogen) atoms. The number of rotatable bonds is 6. The molecule has 0 radical (unpaired) electrons. The lowest BCUT2D eigenvalue weighted by Gasteiger charge is -2.09. The lowest BCUT2D eigenvalue weighted by Crippen LogP contribution is -2.21. The largest absolute Gasteiger partial charge is 0.493 e. The van der Waals surface area contributed by atoms with Crippen LogP contribution >= 0.6 is 0 Å². The lowest BCUT2D eigenvalue weighted by atomic mass is 10.1. The molecule has 130 valence electrons. The standard InChI is InChI=1S/C20H22N2O3/c1-13(15-9-10-18(24-2)19(11-15)25-3)21-22-20(23)17-12-16(17)14-7-5-4-6-8-14/h4-11,16-17H,12H2,1-3H3,(H,22,23)/b21-13-/t16-,17+/m0/s1. The van der Waals surface area contributed by atoms with Crippen LogP contribution in [-0.4, -0.2) is 25.8 Å². The molecule has 2 atom stereocenters. The fourth-order valence-electron chi connectivity index (χ4n) is 2.90. The van der Waals surface area contributed by atoms with Gasteiger partial charge in [0.05, 0.1) is 19.9 Å². The first kappa shape index (κ1) is 17.0. The summed E-state index contributed by atoms with van der Waals surface area (Å²) in [6.45, 7) is 1.85. The van der Waals surface area contributed by atoms with Gasteiger partial charge >= 0.3 is 0 Å². The van der Waals surface area contributed by atoms with Crippen LogP contribution in [0.3, 0.4) is 0 Å². The zero-order chi connectivity index (χ0) is 17.8. The zero-order valence-electron chi connectivity index (χ0n) is 14.7. The Morgan fingerprint density at radius 1 is 1.08 bits per heavy atom. The second-order valence-electron chi connectivity index (χ2n) is 6.10. The molecule has 1 fully saturated rings. The van der Waals surface area contributed by atoms with Crippen LogP contribution in [-0.2, 0) is 4.79 Å². The van der Waals surface area contributed by atoms with Crippen molar-refractivity contribution < 1.29 is 14.3 Å². The molecule has 1 saturated carbocycles. The van der Waals surface area contributed by atoms with Crippen LogP contribution in [0, 0.1) is 5.92 Å². The molecule has 1 aliphatic carbocycles. The maximum absolute atomic E-state index is 12.3. The minimum absolute atomic E-state index is 0.00403. The molecule has 1 N–H and O–H groups in total. The van der Waals surface area contributed by atoms with E-state index in [1.54, 1.807) is 14.2 Å². The maximum atomic E-state index is 12.3. The van der Waals surface area contributed by atoms with Crippen molar-refractivity contribution in [1.82, 2.24) is 5.43 Å². The van der Waals surface area contributed by atoms with E-state index < -0.39 is 0 Å². The molecule has 0 unspecified atom stereocenters. The predicted molar refractivity (Wildman–Crippen MR) is 97.2 cm³/mol. The number of carbonyl (C=O) groups excluding carboxylic acids is 1. The highest BCUT2D eigenvalue weighted by molar-refractivity contribution is 6.00. The van der Waals surface area contributed by atoms with E-state index in [2.05, 4.69) is 22.7 Å². The van der Waals surface area contributed by atoms with E-state index in [-0.39, 0.29) is 11.8 Å². The summed E-state index contributed by atoms with van der Waals surface area (Å²) in [5.74, 6) is 1.56. The van der Waals surface area contributed by atoms with Crippen LogP contribution in [0.5, 0.6) is 11.5 Å². The Balaban J connectivity index is 1.63. The van der Waals surface area contributed by atoms with E-state index in [1.807, 2.05) is 43.3 Å². The molecule has 0 saturated heterocycles. The molecule has 5 nitrogen and oxygen atoms in total. The number of nitrogens with zero attached hydrogens (tertiary/aromatic N) is 1. The highest BCUT2D eigenvalue weighted by Crippen LogP contribution is 2.47. The van der Waals surface area contributed by atoms with Crippen LogP contribution in [0.4, 0.5) is 0 Å². The number of ether oxygens (including phenoxy) is 2. The van der Waals surface area contributed by atoms with Gasteiger partial charge in [0.25, 0.3) is 0 Å². The highest BCUT2D eigenvalue weighted by atomic mass is 16.5. The van der Waals surface area contributed by atoms with Crippen LogP contribution in [0.25, 0.3) is 0 Å². The number of hydrazone groups is 1. The van der Waals surface area contributed by atoms with Gasteiger partial charge in [0.15, 0.2) is 11.5 Å². The molecular weight excluding hydrogens is 316 g/mol. The van der Waals surface area contributed by atoms with Gasteiger partial charge in [-0.05, 0) is 43.0 Å². The van der Waals surface area contributed by atoms with E-state index in [1.165, 1.54) is 5.56 Å². The van der Waals surface area contributed by atoms with Gasteiger partial charge in [0, 0.05) is 11.5 Å². The van der Waals surface area contributed by atoms with E-state index in [9.17, 15) is 4.79 Å². The maximum Gasteiger partial charge on any atom is 0.243 e. The second-order valence-corrected chi connectivity index (χ2v) is 6.10. The topological polar surface area (TPSA) is 59.9 Å². The van der Waals surface area contributed by atoms with Crippen molar-refractivity contribution in [2.45, 2.75) is 19.3 Å². The number of hydrogen-bond acceptors (Lipinski definition) is 4. The minimum atomic E-state index is -0.0336. The zero-order valence-corrected chi connectivity index (χ0v) is 14.7. The highest BCUT2D eigenvalue weighted by Gasteiger charge is 2.43. The molecule has 0 aromatic heterocycles. The van der Waals surface area contributed by atoms with Crippen molar-refractivity contribution in [1.29, 1.82) is 0 Å². The molecular formula is C20H22N2O3. The Labute approximate surface area is 147 Å². The molecule has 0 spiro atoms. The third-order valence-corrected chi connectivity index (χ3v) is 4.49. The van der Waals surface area contributed by atoms with Crippen molar-refractivity contribution >= 4 is 11.6 Å². The molecule has 0 bridgehead atoms. The summed E-state index contributed by atoms with van der Waals surface area (Å²) in [4.78, 5) is 12.3. The second kappa shape index (κ2) is 7.38. The average Bonchev–Trinajstić information content (AvgIpc) is 3.47. The smallest absolute Gasteiger partial charge is 0.243 e. The molecule has 1 amide bonds. The van der Waals surface area contributed by atoms with Gasteiger partial charge in [-0.15, -0.1) is 0 Å². The molecule has 5 heteroatoms. The van der Waals surface area contributed by atoms with Gasteiger partial charge in [0.1, 0.15) is 0 Å². The summed E-state index contributed by atoms with van der Waals surface area (Å²) in [5.41, 5.74) is 5.48. The molecule has 0 heterocycles. The number of methoxy groups -OCH3 is 2. The molecule has 3 rings (SSSR count). The number of benzene rings is 2. The van der Waals surface area contributed by atoms with Crippen molar-refractivity contribution in [3.8, 4) is 11.5 Å². The molecule has 2 aromatic rings. The number of amides is 1. The summed E-state index contributed by atoms with van der Waals surface area (Å²) in [5, 5.41) is 4.24. The van der Waals surface area contributed by atoms with Crippen molar-refractivity contribution in [3.63, 3.8) is 0 Å². The fraction of sp³-hybridized carbons (Fsp3) is 0.300. The average molecular weight is 338 g/mol. The van der Waals surface area contributed by atoms with Gasteiger partial charge in [0.2, 0.25) is 5.91 Å². The van der Waals surface area contributed by atoms with Crippen LogP contribution in [0.2, 0.25) is 0 Å². The SMILES string of the molecule is COc1ccc(/C(C)=N\NC(=O)[C@@H]2C[C@H]2c2ccccc2)cc1OC. The van der Waals surface area contributed by atoms with Crippen LogP contribution in [0.1, 0.15) is 30.4 Å². The Kier molecular flexibility index (Phi) is 5.03. The summed E-state index contributed by atoms with van der Waals surface area (Å²) < 4.78 is 10.5. The van der Waals surface area contributed by atoms with Crippen LogP contribution < -0.4 is 14.9 Å². The van der Waals surface area contributed by atoms with Gasteiger partial charge < -0.3 is 9.47 Å². The van der Waals surface area contributed by atoms with Gasteiger partial charge in [-0.3, -0.25) is 4.79 Å². The number of nitrogens with one attached hydrogen (secondary N) is 1. The first-order chi connectivity index (χ1) is 12.1. The lowest BCUT2D eigenvalue weighted by molar-refractivity contribution is -0.122. The first-order valence-corrected chi connectivity index (χ1v) is 8.25. The Morgan fingerprint density at radius 3 is 2.48 bits per heavy atom. The van der Waals surface area contributed by atoms with Gasteiger partial charge in [-0.1, -0.05) is 30.3 Å². The van der Waals surface area contributed by atoms with Crippen molar-refractivity contribution in [3.05, 3.63) is 59.7 Å².